The largest absolute Gasteiger partial charge is 0.454 e. The van der Waals surface area contributed by atoms with Crippen LogP contribution in [0.3, 0.4) is 0 Å². The van der Waals surface area contributed by atoms with Crippen molar-refractivity contribution in [3.8, 4) is 11.5 Å². The quantitative estimate of drug-likeness (QED) is 0.392. The number of H-pyrrole nitrogens is 1. The Labute approximate surface area is 148 Å². The highest BCUT2D eigenvalue weighted by atomic mass is 32.2. The summed E-state index contributed by atoms with van der Waals surface area (Å²) in [5.41, 5.74) is 2.89. The van der Waals surface area contributed by atoms with E-state index in [1.54, 1.807) is 18.1 Å². The molecule has 0 radical (unpaired) electrons. The van der Waals surface area contributed by atoms with Crippen molar-refractivity contribution in [2.75, 3.05) is 12.3 Å². The smallest absolute Gasteiger partial charge is 0.190 e. The number of hydrogen-bond acceptors (Lipinski definition) is 6. The van der Waals surface area contributed by atoms with E-state index in [1.165, 1.54) is 0 Å². The van der Waals surface area contributed by atoms with Gasteiger partial charge in [0.25, 0.3) is 0 Å². The van der Waals surface area contributed by atoms with Gasteiger partial charge in [-0.3, -0.25) is 5.10 Å². The van der Waals surface area contributed by atoms with Crippen LogP contribution < -0.4 is 5.32 Å². The lowest BCUT2D eigenvalue weighted by Gasteiger charge is -2.04. The molecule has 0 fully saturated rings. The molecule has 0 aliphatic rings. The maximum absolute atomic E-state index is 5.92. The van der Waals surface area contributed by atoms with Gasteiger partial charge in [0.2, 0.25) is 0 Å². The van der Waals surface area contributed by atoms with Crippen molar-refractivity contribution in [3.05, 3.63) is 48.4 Å². The number of thioether (sulfide) groups is 1. The van der Waals surface area contributed by atoms with Crippen molar-refractivity contribution in [2.24, 2.45) is 7.05 Å². The Hall–Kier alpha value is -2.58. The second kappa shape index (κ2) is 7.12. The fourth-order valence-corrected chi connectivity index (χ4v) is 3.39. The van der Waals surface area contributed by atoms with Gasteiger partial charge in [-0.2, -0.15) is 5.10 Å². The molecule has 2 N–H and O–H groups in total. The molecule has 25 heavy (non-hydrogen) atoms. The lowest BCUT2D eigenvalue weighted by Crippen LogP contribution is -2.16. The number of hydrogen-bond donors (Lipinski definition) is 2. The Morgan fingerprint density at radius 1 is 1.32 bits per heavy atom. The van der Waals surface area contributed by atoms with Crippen LogP contribution in [0.15, 0.2) is 52.4 Å². The molecule has 0 bridgehead atoms. The van der Waals surface area contributed by atoms with Gasteiger partial charge < -0.3 is 14.3 Å². The van der Waals surface area contributed by atoms with Gasteiger partial charge in [0, 0.05) is 36.8 Å². The topological polar surface area (TPSA) is 84.6 Å². The summed E-state index contributed by atoms with van der Waals surface area (Å²) in [6.45, 7) is 1.59. The highest BCUT2D eigenvalue weighted by Crippen LogP contribution is 2.28. The highest BCUT2D eigenvalue weighted by molar-refractivity contribution is 7.99. The molecule has 4 aromatic rings. The fraction of sp³-hybridized carbons (Fsp3) is 0.235. The second-order valence-electron chi connectivity index (χ2n) is 5.67. The van der Waals surface area contributed by atoms with E-state index in [2.05, 4.69) is 25.7 Å². The summed E-state index contributed by atoms with van der Waals surface area (Å²) in [4.78, 5) is 0. The van der Waals surface area contributed by atoms with Crippen molar-refractivity contribution >= 4 is 22.7 Å². The van der Waals surface area contributed by atoms with E-state index in [0.29, 0.717) is 0 Å². The second-order valence-corrected chi connectivity index (χ2v) is 6.73. The van der Waals surface area contributed by atoms with Crippen molar-refractivity contribution in [2.45, 2.75) is 11.7 Å². The number of nitrogens with zero attached hydrogens (tertiary/aromatic N) is 4. The van der Waals surface area contributed by atoms with E-state index >= 15 is 0 Å². The molecule has 7 nitrogen and oxygen atoms in total. The molecule has 3 aromatic heterocycles. The lowest BCUT2D eigenvalue weighted by molar-refractivity contribution is 0.626. The first-order valence-corrected chi connectivity index (χ1v) is 8.98. The molecular formula is C17H18N6OS. The summed E-state index contributed by atoms with van der Waals surface area (Å²) in [6, 6.07) is 10.0. The summed E-state index contributed by atoms with van der Waals surface area (Å²) >= 11 is 1.68. The van der Waals surface area contributed by atoms with Crippen LogP contribution >= 0.6 is 11.8 Å². The highest BCUT2D eigenvalue weighted by Gasteiger charge is 2.12. The number of fused-ring (bicyclic) bond motifs is 1. The van der Waals surface area contributed by atoms with Gasteiger partial charge in [-0.1, -0.05) is 30.0 Å². The van der Waals surface area contributed by atoms with E-state index in [0.717, 1.165) is 52.0 Å². The monoisotopic (exact) mass is 354 g/mol. The van der Waals surface area contributed by atoms with E-state index in [1.807, 2.05) is 48.1 Å². The predicted octanol–water partition coefficient (Wildman–Crippen LogP) is 2.83. The number of aryl methyl sites for hydroxylation is 1. The molecule has 0 saturated carbocycles. The van der Waals surface area contributed by atoms with Crippen LogP contribution in [-0.4, -0.2) is 37.3 Å². The molecule has 0 amide bonds. The van der Waals surface area contributed by atoms with Gasteiger partial charge in [-0.25, -0.2) is 0 Å². The molecule has 0 aliphatic heterocycles. The maximum Gasteiger partial charge on any atom is 0.190 e. The third-order valence-corrected chi connectivity index (χ3v) is 4.92. The average molecular weight is 354 g/mol. The van der Waals surface area contributed by atoms with Crippen LogP contribution in [-0.2, 0) is 13.6 Å². The minimum atomic E-state index is 0.724. The van der Waals surface area contributed by atoms with Gasteiger partial charge >= 0.3 is 0 Å². The zero-order valence-corrected chi connectivity index (χ0v) is 14.6. The summed E-state index contributed by atoms with van der Waals surface area (Å²) < 4.78 is 7.84. The Kier molecular flexibility index (Phi) is 4.53. The number of aromatic nitrogens is 5. The third kappa shape index (κ3) is 3.45. The fourth-order valence-electron chi connectivity index (χ4n) is 2.60. The number of nitrogens with one attached hydrogen (secondary N) is 2. The van der Waals surface area contributed by atoms with Crippen molar-refractivity contribution in [1.29, 1.82) is 0 Å². The molecule has 1 aromatic carbocycles. The molecule has 0 atom stereocenters. The van der Waals surface area contributed by atoms with Crippen LogP contribution in [0.2, 0.25) is 0 Å². The summed E-state index contributed by atoms with van der Waals surface area (Å²) in [6.07, 6.45) is 3.55. The zero-order valence-electron chi connectivity index (χ0n) is 13.8. The zero-order chi connectivity index (χ0) is 17.1. The first-order valence-electron chi connectivity index (χ1n) is 8.00. The minimum absolute atomic E-state index is 0.724. The Balaban J connectivity index is 1.36. The van der Waals surface area contributed by atoms with Crippen LogP contribution in [0.25, 0.3) is 22.4 Å². The van der Waals surface area contributed by atoms with E-state index in [9.17, 15) is 0 Å². The number of para-hydroxylation sites is 1. The molecule has 0 unspecified atom stereocenters. The molecular weight excluding hydrogens is 336 g/mol. The molecule has 8 heteroatoms. The number of aromatic amines is 1. The summed E-state index contributed by atoms with van der Waals surface area (Å²) in [5, 5.41) is 20.6. The molecule has 128 valence electrons. The van der Waals surface area contributed by atoms with Gasteiger partial charge in [0.15, 0.2) is 10.9 Å². The van der Waals surface area contributed by atoms with Gasteiger partial charge in [0.05, 0.1) is 6.20 Å². The molecule has 0 aliphatic carbocycles. The number of benzene rings is 1. The SMILES string of the molecule is Cn1cnnc1SCCNCc1cn[nH]c1-c1cc2ccccc2o1. The van der Waals surface area contributed by atoms with Gasteiger partial charge in [0.1, 0.15) is 17.6 Å². The molecule has 4 rings (SSSR count). The normalized spacial score (nSPS) is 11.4. The van der Waals surface area contributed by atoms with E-state index in [4.69, 9.17) is 4.42 Å². The Morgan fingerprint density at radius 3 is 3.08 bits per heavy atom. The Morgan fingerprint density at radius 2 is 2.24 bits per heavy atom. The average Bonchev–Trinajstić information content (AvgIpc) is 3.33. The van der Waals surface area contributed by atoms with E-state index in [-0.39, 0.29) is 0 Å². The number of furan rings is 1. The van der Waals surface area contributed by atoms with Crippen LogP contribution in [0.5, 0.6) is 0 Å². The van der Waals surface area contributed by atoms with Crippen LogP contribution in [0.4, 0.5) is 0 Å². The number of rotatable bonds is 7. The van der Waals surface area contributed by atoms with E-state index < -0.39 is 0 Å². The van der Waals surface area contributed by atoms with Crippen molar-refractivity contribution in [3.63, 3.8) is 0 Å². The lowest BCUT2D eigenvalue weighted by atomic mass is 10.2. The van der Waals surface area contributed by atoms with Crippen LogP contribution in [0, 0.1) is 0 Å². The maximum atomic E-state index is 5.92. The molecule has 3 heterocycles. The predicted molar refractivity (Wildman–Crippen MR) is 97.2 cm³/mol. The third-order valence-electron chi connectivity index (χ3n) is 3.89. The van der Waals surface area contributed by atoms with Crippen molar-refractivity contribution < 1.29 is 4.42 Å². The van der Waals surface area contributed by atoms with Gasteiger partial charge in [-0.05, 0) is 12.1 Å². The first kappa shape index (κ1) is 15.9. The van der Waals surface area contributed by atoms with Crippen LogP contribution in [0.1, 0.15) is 5.56 Å². The summed E-state index contributed by atoms with van der Waals surface area (Å²) in [5.74, 6) is 1.73. The Bertz CT molecular complexity index is 939. The summed E-state index contributed by atoms with van der Waals surface area (Å²) in [7, 11) is 1.95. The first-order chi connectivity index (χ1) is 12.3. The molecule has 0 spiro atoms. The van der Waals surface area contributed by atoms with Crippen molar-refractivity contribution in [1.82, 2.24) is 30.3 Å². The standard InChI is InChI=1S/C17H18N6OS/c1-23-11-20-22-17(23)25-7-6-18-9-13-10-19-21-16(13)15-8-12-4-2-3-5-14(12)24-15/h2-5,8,10-11,18H,6-7,9H2,1H3,(H,19,21). The van der Waals surface area contributed by atoms with Gasteiger partial charge in [-0.15, -0.1) is 10.2 Å². The molecule has 0 saturated heterocycles. The minimum Gasteiger partial charge on any atom is -0.454 e.